The normalized spacial score (nSPS) is 15.6. The molecule has 5 rings (SSSR count). The highest BCUT2D eigenvalue weighted by molar-refractivity contribution is 7.98. The Morgan fingerprint density at radius 1 is 0.933 bits per heavy atom. The lowest BCUT2D eigenvalue weighted by Crippen LogP contribution is -2.31. The van der Waals surface area contributed by atoms with Crippen LogP contribution in [0.4, 0.5) is 5.82 Å². The van der Waals surface area contributed by atoms with Crippen molar-refractivity contribution in [2.45, 2.75) is 23.2 Å². The van der Waals surface area contributed by atoms with Gasteiger partial charge in [-0.15, -0.1) is 0 Å². The van der Waals surface area contributed by atoms with Crippen molar-refractivity contribution < 1.29 is 4.79 Å². The number of aromatic amines is 1. The highest BCUT2D eigenvalue weighted by atomic mass is 32.2. The van der Waals surface area contributed by atoms with Gasteiger partial charge in [-0.05, 0) is 21.9 Å². The Kier molecular flexibility index (Phi) is 4.85. The van der Waals surface area contributed by atoms with Crippen LogP contribution >= 0.6 is 11.8 Å². The molecule has 0 radical (unpaired) electrons. The molecule has 148 valence electrons. The summed E-state index contributed by atoms with van der Waals surface area (Å²) in [5.41, 5.74) is 2.44. The molecule has 0 fully saturated rings. The first-order valence-corrected chi connectivity index (χ1v) is 10.8. The standard InChI is InChI=1S/C24H19N3O2S/c28-20-13-19(18-12-6-10-16-9-4-5-11-17(16)18)21-22(25-20)26-24(27-23(21)29)30-14-15-7-2-1-3-8-15/h1-12,19H,13-14H2,(H2,25,26,27,28,29). The molecule has 0 saturated carbocycles. The van der Waals surface area contributed by atoms with Gasteiger partial charge in [-0.25, -0.2) is 4.98 Å². The molecule has 6 heteroatoms. The molecule has 0 saturated heterocycles. The molecule has 5 nitrogen and oxygen atoms in total. The number of amides is 1. The molecule has 1 aliphatic rings. The molecule has 1 atom stereocenters. The summed E-state index contributed by atoms with van der Waals surface area (Å²) < 4.78 is 0. The molecule has 1 amide bonds. The van der Waals surface area contributed by atoms with Crippen molar-refractivity contribution in [3.8, 4) is 0 Å². The van der Waals surface area contributed by atoms with Crippen molar-refractivity contribution >= 4 is 34.3 Å². The van der Waals surface area contributed by atoms with E-state index in [0.717, 1.165) is 21.9 Å². The topological polar surface area (TPSA) is 74.8 Å². The molecule has 0 bridgehead atoms. The minimum Gasteiger partial charge on any atom is -0.310 e. The Hall–Kier alpha value is -3.38. The van der Waals surface area contributed by atoms with Crippen LogP contribution in [-0.2, 0) is 10.5 Å². The Balaban J connectivity index is 1.55. The fourth-order valence-corrected chi connectivity index (χ4v) is 4.78. The van der Waals surface area contributed by atoms with Crippen molar-refractivity contribution in [2.24, 2.45) is 0 Å². The van der Waals surface area contributed by atoms with E-state index in [4.69, 9.17) is 0 Å². The second kappa shape index (κ2) is 7.80. The highest BCUT2D eigenvalue weighted by Gasteiger charge is 2.31. The summed E-state index contributed by atoms with van der Waals surface area (Å²) in [6.45, 7) is 0. The van der Waals surface area contributed by atoms with E-state index >= 15 is 0 Å². The van der Waals surface area contributed by atoms with Crippen LogP contribution in [0, 0.1) is 0 Å². The lowest BCUT2D eigenvalue weighted by atomic mass is 9.84. The van der Waals surface area contributed by atoms with Crippen LogP contribution in [0.3, 0.4) is 0 Å². The van der Waals surface area contributed by atoms with E-state index < -0.39 is 0 Å². The number of carbonyl (C=O) groups excluding carboxylic acids is 1. The zero-order valence-electron chi connectivity index (χ0n) is 16.1. The predicted molar refractivity (Wildman–Crippen MR) is 120 cm³/mol. The van der Waals surface area contributed by atoms with Gasteiger partial charge in [0.05, 0.1) is 5.56 Å². The second-order valence-electron chi connectivity index (χ2n) is 7.28. The molecule has 2 N–H and O–H groups in total. The Morgan fingerprint density at radius 2 is 1.70 bits per heavy atom. The number of nitrogens with one attached hydrogen (secondary N) is 2. The monoisotopic (exact) mass is 413 g/mol. The summed E-state index contributed by atoms with van der Waals surface area (Å²) in [5, 5.41) is 5.44. The van der Waals surface area contributed by atoms with Gasteiger partial charge in [0.2, 0.25) is 5.91 Å². The van der Waals surface area contributed by atoms with Crippen LogP contribution in [0.15, 0.2) is 82.7 Å². The summed E-state index contributed by atoms with van der Waals surface area (Å²) in [4.78, 5) is 33.0. The minimum absolute atomic E-state index is 0.127. The van der Waals surface area contributed by atoms with E-state index in [2.05, 4.69) is 15.3 Å². The van der Waals surface area contributed by atoms with Crippen LogP contribution < -0.4 is 10.9 Å². The van der Waals surface area contributed by atoms with Crippen molar-refractivity contribution in [3.05, 3.63) is 99.8 Å². The molecular weight excluding hydrogens is 394 g/mol. The Morgan fingerprint density at radius 3 is 2.57 bits per heavy atom. The van der Waals surface area contributed by atoms with Crippen molar-refractivity contribution in [1.29, 1.82) is 0 Å². The number of nitrogens with zero attached hydrogens (tertiary/aromatic N) is 1. The molecular formula is C24H19N3O2S. The molecule has 0 spiro atoms. The first kappa shape index (κ1) is 18.6. The third-order valence-electron chi connectivity index (χ3n) is 5.35. The van der Waals surface area contributed by atoms with Crippen molar-refractivity contribution in [3.63, 3.8) is 0 Å². The van der Waals surface area contributed by atoms with Crippen molar-refractivity contribution in [1.82, 2.24) is 9.97 Å². The Labute approximate surface area is 177 Å². The molecule has 1 aliphatic heterocycles. The summed E-state index contributed by atoms with van der Waals surface area (Å²) in [6.07, 6.45) is 0.224. The van der Waals surface area contributed by atoms with Crippen LogP contribution in [0.25, 0.3) is 10.8 Å². The first-order chi connectivity index (χ1) is 14.7. The zero-order valence-corrected chi connectivity index (χ0v) is 16.9. The first-order valence-electron chi connectivity index (χ1n) is 9.77. The largest absolute Gasteiger partial charge is 0.310 e. The maximum atomic E-state index is 13.1. The number of carbonyl (C=O) groups is 1. The van der Waals surface area contributed by atoms with Gasteiger partial charge < -0.3 is 10.3 Å². The molecule has 0 aliphatic carbocycles. The zero-order chi connectivity index (χ0) is 20.5. The fourth-order valence-electron chi connectivity index (χ4n) is 3.96. The lowest BCUT2D eigenvalue weighted by molar-refractivity contribution is -0.116. The van der Waals surface area contributed by atoms with Gasteiger partial charge in [0.15, 0.2) is 5.16 Å². The number of H-pyrrole nitrogens is 1. The third-order valence-corrected chi connectivity index (χ3v) is 6.29. The van der Waals surface area contributed by atoms with Crippen LogP contribution in [0.2, 0.25) is 0 Å². The van der Waals surface area contributed by atoms with E-state index in [9.17, 15) is 9.59 Å². The maximum Gasteiger partial charge on any atom is 0.257 e. The Bertz CT molecular complexity index is 1300. The molecule has 1 unspecified atom stereocenters. The smallest absolute Gasteiger partial charge is 0.257 e. The number of hydrogen-bond donors (Lipinski definition) is 2. The van der Waals surface area contributed by atoms with Gasteiger partial charge in [0.1, 0.15) is 5.82 Å². The van der Waals surface area contributed by atoms with Gasteiger partial charge >= 0.3 is 0 Å². The number of fused-ring (bicyclic) bond motifs is 2. The number of thioether (sulfide) groups is 1. The number of rotatable bonds is 4. The fraction of sp³-hybridized carbons (Fsp3) is 0.125. The minimum atomic E-state index is -0.329. The lowest BCUT2D eigenvalue weighted by Gasteiger charge is -2.25. The second-order valence-corrected chi connectivity index (χ2v) is 8.24. The summed E-state index contributed by atoms with van der Waals surface area (Å²) in [6, 6.07) is 24.0. The molecule has 3 aromatic carbocycles. The average Bonchev–Trinajstić information content (AvgIpc) is 2.77. The number of hydrogen-bond acceptors (Lipinski definition) is 4. The van der Waals surface area contributed by atoms with Gasteiger partial charge in [-0.1, -0.05) is 84.6 Å². The van der Waals surface area contributed by atoms with Gasteiger partial charge in [0, 0.05) is 18.1 Å². The maximum absolute atomic E-state index is 13.1. The quantitative estimate of drug-likeness (QED) is 0.376. The van der Waals surface area contributed by atoms with E-state index in [1.54, 1.807) is 0 Å². The third kappa shape index (κ3) is 3.50. The highest BCUT2D eigenvalue weighted by Crippen LogP contribution is 2.37. The molecule has 1 aromatic heterocycles. The molecule has 4 aromatic rings. The van der Waals surface area contributed by atoms with E-state index in [0.29, 0.717) is 22.3 Å². The SMILES string of the molecule is O=C1CC(c2cccc3ccccc23)c2c(nc(SCc3ccccc3)[nH]c2=O)N1. The summed E-state index contributed by atoms with van der Waals surface area (Å²) in [7, 11) is 0. The number of anilines is 1. The van der Waals surface area contributed by atoms with Gasteiger partial charge in [0.25, 0.3) is 5.56 Å². The average molecular weight is 414 g/mol. The van der Waals surface area contributed by atoms with Gasteiger partial charge in [-0.2, -0.15) is 0 Å². The van der Waals surface area contributed by atoms with Crippen molar-refractivity contribution in [2.75, 3.05) is 5.32 Å². The molecule has 2 heterocycles. The van der Waals surface area contributed by atoms with Crippen LogP contribution in [0.1, 0.15) is 29.0 Å². The molecule has 30 heavy (non-hydrogen) atoms. The predicted octanol–water partition coefficient (Wildman–Crippen LogP) is 4.69. The number of aromatic nitrogens is 2. The van der Waals surface area contributed by atoms with Gasteiger partial charge in [-0.3, -0.25) is 9.59 Å². The van der Waals surface area contributed by atoms with Crippen LogP contribution in [-0.4, -0.2) is 15.9 Å². The van der Waals surface area contributed by atoms with E-state index in [-0.39, 0.29) is 23.8 Å². The number of benzene rings is 3. The van der Waals surface area contributed by atoms with Crippen LogP contribution in [0.5, 0.6) is 0 Å². The summed E-state index contributed by atoms with van der Waals surface area (Å²) in [5.74, 6) is 0.591. The summed E-state index contributed by atoms with van der Waals surface area (Å²) >= 11 is 1.44. The van der Waals surface area contributed by atoms with E-state index in [1.165, 1.54) is 11.8 Å². The van der Waals surface area contributed by atoms with E-state index in [1.807, 2.05) is 72.8 Å².